The fourth-order valence-electron chi connectivity index (χ4n) is 1.57. The highest BCUT2D eigenvalue weighted by Crippen LogP contribution is 2.19. The third-order valence-corrected chi connectivity index (χ3v) is 3.25. The van der Waals surface area contributed by atoms with Crippen LogP contribution in [0.1, 0.15) is 15.9 Å². The van der Waals surface area contributed by atoms with Crippen molar-refractivity contribution < 1.29 is 9.53 Å². The molecule has 0 fully saturated rings. The Bertz CT molecular complexity index is 670. The molecule has 0 saturated heterocycles. The first-order chi connectivity index (χ1) is 10.1. The largest absolute Gasteiger partial charge is 0.497 e. The maximum absolute atomic E-state index is 11.9. The number of hydrogen-bond donors (Lipinski definition) is 1. The lowest BCUT2D eigenvalue weighted by Crippen LogP contribution is -2.17. The SMILES string of the molecule is COc1ccc(C(=O)NN=Cc2ccc(Cl)cc2Cl)cc1. The number of amides is 1. The summed E-state index contributed by atoms with van der Waals surface area (Å²) >= 11 is 11.8. The van der Waals surface area contributed by atoms with Gasteiger partial charge in [0.05, 0.1) is 18.3 Å². The van der Waals surface area contributed by atoms with Crippen LogP contribution in [0.2, 0.25) is 10.0 Å². The molecule has 0 aliphatic carbocycles. The number of carbonyl (C=O) groups excluding carboxylic acids is 1. The molecular weight excluding hydrogens is 311 g/mol. The predicted octanol–water partition coefficient (Wildman–Crippen LogP) is 3.77. The molecule has 0 saturated carbocycles. The average molecular weight is 323 g/mol. The van der Waals surface area contributed by atoms with Gasteiger partial charge in [0.1, 0.15) is 5.75 Å². The Morgan fingerprint density at radius 1 is 1.19 bits per heavy atom. The predicted molar refractivity (Wildman–Crippen MR) is 84.5 cm³/mol. The summed E-state index contributed by atoms with van der Waals surface area (Å²) in [5.74, 6) is 0.363. The lowest BCUT2D eigenvalue weighted by Gasteiger charge is -2.02. The van der Waals surface area contributed by atoms with Crippen LogP contribution in [0.25, 0.3) is 0 Å². The summed E-state index contributed by atoms with van der Waals surface area (Å²) in [6, 6.07) is 11.7. The Labute approximate surface area is 132 Å². The maximum Gasteiger partial charge on any atom is 0.271 e. The minimum Gasteiger partial charge on any atom is -0.497 e. The van der Waals surface area contributed by atoms with E-state index in [1.54, 1.807) is 49.6 Å². The number of benzene rings is 2. The highest BCUT2D eigenvalue weighted by Gasteiger charge is 2.04. The van der Waals surface area contributed by atoms with E-state index >= 15 is 0 Å². The molecule has 0 spiro atoms. The van der Waals surface area contributed by atoms with Crippen LogP contribution >= 0.6 is 23.2 Å². The summed E-state index contributed by atoms with van der Waals surface area (Å²) in [5.41, 5.74) is 3.57. The fraction of sp³-hybridized carbons (Fsp3) is 0.0667. The molecule has 4 nitrogen and oxygen atoms in total. The second-order valence-electron chi connectivity index (χ2n) is 4.09. The Balaban J connectivity index is 2.01. The Morgan fingerprint density at radius 3 is 2.52 bits per heavy atom. The molecule has 2 aromatic rings. The summed E-state index contributed by atoms with van der Waals surface area (Å²) in [6.07, 6.45) is 1.46. The number of rotatable bonds is 4. The lowest BCUT2D eigenvalue weighted by atomic mass is 10.2. The number of halogens is 2. The maximum atomic E-state index is 11.9. The molecule has 0 bridgehead atoms. The van der Waals surface area contributed by atoms with Crippen LogP contribution in [0.4, 0.5) is 0 Å². The van der Waals surface area contributed by atoms with Crippen LogP contribution in [0.5, 0.6) is 5.75 Å². The van der Waals surface area contributed by atoms with Gasteiger partial charge < -0.3 is 4.74 Å². The van der Waals surface area contributed by atoms with E-state index in [4.69, 9.17) is 27.9 Å². The molecule has 0 aromatic heterocycles. The number of carbonyl (C=O) groups is 1. The minimum absolute atomic E-state index is 0.320. The fourth-order valence-corrected chi connectivity index (χ4v) is 2.03. The smallest absolute Gasteiger partial charge is 0.271 e. The zero-order valence-electron chi connectivity index (χ0n) is 11.1. The molecule has 1 amide bonds. The first kappa shape index (κ1) is 15.4. The molecule has 0 aliphatic heterocycles. The molecule has 0 aliphatic rings. The van der Waals surface area contributed by atoms with Gasteiger partial charge in [0.15, 0.2) is 0 Å². The molecule has 0 atom stereocenters. The van der Waals surface area contributed by atoms with E-state index in [-0.39, 0.29) is 5.91 Å². The van der Waals surface area contributed by atoms with Crippen molar-refractivity contribution in [2.24, 2.45) is 5.10 Å². The summed E-state index contributed by atoms with van der Waals surface area (Å²) in [7, 11) is 1.56. The van der Waals surface area contributed by atoms with Gasteiger partial charge in [-0.1, -0.05) is 29.3 Å². The topological polar surface area (TPSA) is 50.7 Å². The second-order valence-corrected chi connectivity index (χ2v) is 4.94. The van der Waals surface area contributed by atoms with Gasteiger partial charge in [-0.05, 0) is 36.4 Å². The van der Waals surface area contributed by atoms with E-state index in [0.29, 0.717) is 26.9 Å². The first-order valence-electron chi connectivity index (χ1n) is 6.02. The molecule has 2 aromatic carbocycles. The molecule has 1 N–H and O–H groups in total. The average Bonchev–Trinajstić information content (AvgIpc) is 2.49. The number of methoxy groups -OCH3 is 1. The van der Waals surface area contributed by atoms with Crippen molar-refractivity contribution in [1.29, 1.82) is 0 Å². The molecule has 21 heavy (non-hydrogen) atoms. The van der Waals surface area contributed by atoms with Crippen LogP contribution in [-0.4, -0.2) is 19.2 Å². The minimum atomic E-state index is -0.320. The van der Waals surface area contributed by atoms with E-state index in [1.165, 1.54) is 6.21 Å². The molecule has 108 valence electrons. The Hall–Kier alpha value is -2.04. The summed E-state index contributed by atoms with van der Waals surface area (Å²) in [6.45, 7) is 0. The molecule has 0 heterocycles. The number of hydrazone groups is 1. The van der Waals surface area contributed by atoms with Crippen molar-refractivity contribution >= 4 is 35.3 Å². The first-order valence-corrected chi connectivity index (χ1v) is 6.78. The molecule has 0 radical (unpaired) electrons. The zero-order valence-corrected chi connectivity index (χ0v) is 12.7. The van der Waals surface area contributed by atoms with Gasteiger partial charge in [0, 0.05) is 16.1 Å². The van der Waals surface area contributed by atoms with Gasteiger partial charge in [0.25, 0.3) is 5.91 Å². The Kier molecular flexibility index (Phi) is 5.20. The van der Waals surface area contributed by atoms with Crippen molar-refractivity contribution in [3.05, 3.63) is 63.6 Å². The van der Waals surface area contributed by atoms with E-state index < -0.39 is 0 Å². The van der Waals surface area contributed by atoms with Gasteiger partial charge >= 0.3 is 0 Å². The van der Waals surface area contributed by atoms with Crippen molar-refractivity contribution in [1.82, 2.24) is 5.43 Å². The van der Waals surface area contributed by atoms with Crippen molar-refractivity contribution in [3.63, 3.8) is 0 Å². The van der Waals surface area contributed by atoms with Crippen LogP contribution in [0, 0.1) is 0 Å². The standard InChI is InChI=1S/C15H12Cl2N2O2/c1-21-13-6-3-10(4-7-13)15(20)19-18-9-11-2-5-12(16)8-14(11)17/h2-9H,1H3,(H,19,20). The summed E-state index contributed by atoms with van der Waals surface area (Å²) < 4.78 is 5.02. The zero-order chi connectivity index (χ0) is 15.2. The summed E-state index contributed by atoms with van der Waals surface area (Å²) in [5, 5.41) is 4.87. The summed E-state index contributed by atoms with van der Waals surface area (Å²) in [4.78, 5) is 11.9. The monoisotopic (exact) mass is 322 g/mol. The highest BCUT2D eigenvalue weighted by atomic mass is 35.5. The lowest BCUT2D eigenvalue weighted by molar-refractivity contribution is 0.0955. The van der Waals surface area contributed by atoms with E-state index in [0.717, 1.165) is 0 Å². The molecule has 6 heteroatoms. The van der Waals surface area contributed by atoms with Gasteiger partial charge in [-0.15, -0.1) is 0 Å². The highest BCUT2D eigenvalue weighted by molar-refractivity contribution is 6.36. The Morgan fingerprint density at radius 2 is 1.90 bits per heavy atom. The van der Waals surface area contributed by atoms with E-state index in [1.807, 2.05) is 0 Å². The third kappa shape index (κ3) is 4.21. The number of nitrogens with one attached hydrogen (secondary N) is 1. The third-order valence-electron chi connectivity index (χ3n) is 2.68. The van der Waals surface area contributed by atoms with Gasteiger partial charge in [0.2, 0.25) is 0 Å². The van der Waals surface area contributed by atoms with Crippen LogP contribution in [0.3, 0.4) is 0 Å². The van der Waals surface area contributed by atoms with Gasteiger partial charge in [-0.2, -0.15) is 5.10 Å². The van der Waals surface area contributed by atoms with Crippen LogP contribution in [0.15, 0.2) is 47.6 Å². The number of ether oxygens (including phenoxy) is 1. The molecular formula is C15H12Cl2N2O2. The second kappa shape index (κ2) is 7.11. The quantitative estimate of drug-likeness (QED) is 0.688. The van der Waals surface area contributed by atoms with Crippen molar-refractivity contribution in [2.45, 2.75) is 0 Å². The molecule has 2 rings (SSSR count). The van der Waals surface area contributed by atoms with Crippen molar-refractivity contribution in [3.8, 4) is 5.75 Å². The molecule has 0 unspecified atom stereocenters. The van der Waals surface area contributed by atoms with Crippen molar-refractivity contribution in [2.75, 3.05) is 7.11 Å². The van der Waals surface area contributed by atoms with Gasteiger partial charge in [-0.3, -0.25) is 4.79 Å². The van der Waals surface area contributed by atoms with E-state index in [9.17, 15) is 4.79 Å². The number of hydrogen-bond acceptors (Lipinski definition) is 3. The van der Waals surface area contributed by atoms with Crippen LogP contribution in [-0.2, 0) is 0 Å². The normalized spacial score (nSPS) is 10.6. The van der Waals surface area contributed by atoms with E-state index in [2.05, 4.69) is 10.5 Å². The number of nitrogens with zero attached hydrogens (tertiary/aromatic N) is 1. The van der Waals surface area contributed by atoms with Crippen LogP contribution < -0.4 is 10.2 Å². The van der Waals surface area contributed by atoms with Gasteiger partial charge in [-0.25, -0.2) is 5.43 Å².